The van der Waals surface area contributed by atoms with Gasteiger partial charge in [-0.1, -0.05) is 30.3 Å². The maximum Gasteiger partial charge on any atom is 0.243 e. The fraction of sp³-hybridized carbons (Fsp3) is 0.438. The van der Waals surface area contributed by atoms with Crippen LogP contribution in [0.25, 0.3) is 0 Å². The first-order valence-electron chi connectivity index (χ1n) is 8.13. The molecule has 24 heavy (non-hydrogen) atoms. The number of nitrogens with one attached hydrogen (secondary N) is 2. The van der Waals surface area contributed by atoms with Gasteiger partial charge in [0.05, 0.1) is 12.7 Å². The second kappa shape index (κ2) is 7.89. The van der Waals surface area contributed by atoms with Gasteiger partial charge in [0.25, 0.3) is 0 Å². The Morgan fingerprint density at radius 3 is 2.67 bits per heavy atom. The normalized spacial score (nSPS) is 16.3. The summed E-state index contributed by atoms with van der Waals surface area (Å²) in [7, 11) is -3.51. The van der Waals surface area contributed by atoms with Crippen molar-refractivity contribution < 1.29 is 8.42 Å². The van der Waals surface area contributed by atoms with Crippen molar-refractivity contribution >= 4 is 10.0 Å². The molecular formula is C16H23N5O2S. The maximum atomic E-state index is 12.3. The molecule has 1 aliphatic heterocycles. The molecule has 0 amide bonds. The highest BCUT2D eigenvalue weighted by atomic mass is 32.2. The highest BCUT2D eigenvalue weighted by Gasteiger charge is 2.17. The highest BCUT2D eigenvalue weighted by molar-refractivity contribution is 7.89. The molecule has 0 atom stereocenters. The van der Waals surface area contributed by atoms with E-state index in [9.17, 15) is 8.42 Å². The zero-order valence-corrected chi connectivity index (χ0v) is 14.4. The van der Waals surface area contributed by atoms with Gasteiger partial charge in [0.2, 0.25) is 10.0 Å². The fourth-order valence-electron chi connectivity index (χ4n) is 2.70. The minimum Gasteiger partial charge on any atom is -0.314 e. The van der Waals surface area contributed by atoms with E-state index in [1.165, 1.54) is 6.20 Å². The van der Waals surface area contributed by atoms with Gasteiger partial charge in [0.1, 0.15) is 4.90 Å². The van der Waals surface area contributed by atoms with Gasteiger partial charge in [-0.05, 0) is 5.56 Å². The van der Waals surface area contributed by atoms with Crippen molar-refractivity contribution in [2.24, 2.45) is 0 Å². The van der Waals surface area contributed by atoms with Crippen molar-refractivity contribution in [2.45, 2.75) is 11.4 Å². The summed E-state index contributed by atoms with van der Waals surface area (Å²) in [5.74, 6) is 0. The van der Waals surface area contributed by atoms with Crippen LogP contribution in [0.5, 0.6) is 0 Å². The minimum absolute atomic E-state index is 0.207. The summed E-state index contributed by atoms with van der Waals surface area (Å²) in [5.41, 5.74) is 1.08. The lowest BCUT2D eigenvalue weighted by atomic mass is 10.2. The van der Waals surface area contributed by atoms with Gasteiger partial charge in [-0.2, -0.15) is 5.10 Å². The molecule has 2 aromatic rings. The Morgan fingerprint density at radius 1 is 1.17 bits per heavy atom. The van der Waals surface area contributed by atoms with Crippen LogP contribution in [0.1, 0.15) is 5.56 Å². The molecule has 8 heteroatoms. The first-order valence-corrected chi connectivity index (χ1v) is 9.61. The van der Waals surface area contributed by atoms with Crippen LogP contribution in [0.15, 0.2) is 47.6 Å². The summed E-state index contributed by atoms with van der Waals surface area (Å²) in [6.45, 7) is 5.51. The number of benzene rings is 1. The van der Waals surface area contributed by atoms with Crippen LogP contribution < -0.4 is 10.0 Å². The van der Waals surface area contributed by atoms with Crippen LogP contribution >= 0.6 is 0 Å². The van der Waals surface area contributed by atoms with Crippen molar-refractivity contribution in [3.05, 3.63) is 48.3 Å². The number of aromatic nitrogens is 2. The van der Waals surface area contributed by atoms with Gasteiger partial charge in [-0.25, -0.2) is 13.1 Å². The topological polar surface area (TPSA) is 79.3 Å². The minimum atomic E-state index is -3.51. The number of rotatable bonds is 7. The van der Waals surface area contributed by atoms with E-state index in [0.29, 0.717) is 13.1 Å². The summed E-state index contributed by atoms with van der Waals surface area (Å²) < 4.78 is 29.0. The van der Waals surface area contributed by atoms with Crippen LogP contribution in [0.2, 0.25) is 0 Å². The lowest BCUT2D eigenvalue weighted by molar-refractivity contribution is 0.245. The molecule has 1 aromatic carbocycles. The lowest BCUT2D eigenvalue weighted by Gasteiger charge is -2.26. The largest absolute Gasteiger partial charge is 0.314 e. The van der Waals surface area contributed by atoms with Crippen LogP contribution in [-0.4, -0.2) is 62.4 Å². The van der Waals surface area contributed by atoms with Gasteiger partial charge >= 0.3 is 0 Å². The van der Waals surface area contributed by atoms with E-state index in [0.717, 1.165) is 38.3 Å². The van der Waals surface area contributed by atoms with Gasteiger partial charge < -0.3 is 5.32 Å². The van der Waals surface area contributed by atoms with Gasteiger partial charge in [-0.15, -0.1) is 0 Å². The molecule has 0 bridgehead atoms. The zero-order chi connectivity index (χ0) is 16.8. The third-order valence-corrected chi connectivity index (χ3v) is 5.45. The molecule has 2 N–H and O–H groups in total. The number of piperazine rings is 1. The van der Waals surface area contributed by atoms with E-state index in [2.05, 4.69) is 20.0 Å². The molecule has 0 aliphatic carbocycles. The van der Waals surface area contributed by atoms with E-state index in [1.54, 1.807) is 10.9 Å². The quantitative estimate of drug-likeness (QED) is 0.742. The first kappa shape index (κ1) is 17.1. The Kier molecular flexibility index (Phi) is 5.62. The number of sulfonamides is 1. The smallest absolute Gasteiger partial charge is 0.243 e. The Bertz CT molecular complexity index is 739. The molecule has 1 aromatic heterocycles. The highest BCUT2D eigenvalue weighted by Crippen LogP contribution is 2.09. The molecule has 3 rings (SSSR count). The monoisotopic (exact) mass is 349 g/mol. The lowest BCUT2D eigenvalue weighted by Crippen LogP contribution is -2.46. The van der Waals surface area contributed by atoms with Crippen molar-refractivity contribution in [3.8, 4) is 0 Å². The predicted octanol–water partition coefficient (Wildman–Crippen LogP) is 0.115. The van der Waals surface area contributed by atoms with E-state index in [-0.39, 0.29) is 4.90 Å². The van der Waals surface area contributed by atoms with Crippen molar-refractivity contribution in [3.63, 3.8) is 0 Å². The molecule has 0 unspecified atom stereocenters. The average Bonchev–Trinajstić information content (AvgIpc) is 3.06. The molecule has 7 nitrogen and oxygen atoms in total. The molecule has 1 aliphatic rings. The molecule has 0 spiro atoms. The van der Waals surface area contributed by atoms with Crippen molar-refractivity contribution in [1.29, 1.82) is 0 Å². The standard InChI is InChI=1S/C16H23N5O2S/c22-24(23,19-8-11-20-9-6-17-7-10-20)16-12-18-21(14-16)13-15-4-2-1-3-5-15/h1-5,12,14,17,19H,6-11,13H2. The number of nitrogens with zero attached hydrogens (tertiary/aromatic N) is 3. The van der Waals surface area contributed by atoms with Crippen molar-refractivity contribution in [2.75, 3.05) is 39.3 Å². The van der Waals surface area contributed by atoms with E-state index >= 15 is 0 Å². The fourth-order valence-corrected chi connectivity index (χ4v) is 3.67. The zero-order valence-electron chi connectivity index (χ0n) is 13.6. The SMILES string of the molecule is O=S(=O)(NCCN1CCNCC1)c1cnn(Cc2ccccc2)c1. The molecule has 1 saturated heterocycles. The molecule has 0 saturated carbocycles. The summed E-state index contributed by atoms with van der Waals surface area (Å²) in [5, 5.41) is 7.43. The Labute approximate surface area is 142 Å². The molecule has 0 radical (unpaired) electrons. The van der Waals surface area contributed by atoms with E-state index < -0.39 is 10.0 Å². The summed E-state index contributed by atoms with van der Waals surface area (Å²) in [6, 6.07) is 9.83. The third-order valence-electron chi connectivity index (χ3n) is 4.04. The maximum absolute atomic E-state index is 12.3. The average molecular weight is 349 g/mol. The Morgan fingerprint density at radius 2 is 1.92 bits per heavy atom. The van der Waals surface area contributed by atoms with Gasteiger partial charge in [0.15, 0.2) is 0 Å². The molecule has 1 fully saturated rings. The van der Waals surface area contributed by atoms with E-state index in [1.807, 2.05) is 30.3 Å². The summed E-state index contributed by atoms with van der Waals surface area (Å²) in [6.07, 6.45) is 2.97. The van der Waals surface area contributed by atoms with Crippen LogP contribution in [-0.2, 0) is 16.6 Å². The number of hydrogen-bond acceptors (Lipinski definition) is 5. The Balaban J connectivity index is 1.54. The molecule has 2 heterocycles. The second-order valence-corrected chi connectivity index (χ2v) is 7.62. The van der Waals surface area contributed by atoms with Crippen LogP contribution in [0, 0.1) is 0 Å². The molecule has 130 valence electrons. The molecular weight excluding hydrogens is 326 g/mol. The Hall–Kier alpha value is -1.74. The first-order chi connectivity index (χ1) is 11.6. The van der Waals surface area contributed by atoms with Crippen molar-refractivity contribution in [1.82, 2.24) is 24.7 Å². The van der Waals surface area contributed by atoms with Gasteiger partial charge in [0, 0.05) is 45.5 Å². The third kappa shape index (κ3) is 4.64. The number of hydrogen-bond donors (Lipinski definition) is 2. The van der Waals surface area contributed by atoms with Crippen LogP contribution in [0.3, 0.4) is 0 Å². The second-order valence-electron chi connectivity index (χ2n) is 5.85. The van der Waals surface area contributed by atoms with Gasteiger partial charge in [-0.3, -0.25) is 9.58 Å². The van der Waals surface area contributed by atoms with E-state index in [4.69, 9.17) is 0 Å². The summed E-state index contributed by atoms with van der Waals surface area (Å²) in [4.78, 5) is 2.46. The summed E-state index contributed by atoms with van der Waals surface area (Å²) >= 11 is 0. The predicted molar refractivity (Wildman–Crippen MR) is 92.3 cm³/mol. The van der Waals surface area contributed by atoms with Crippen LogP contribution in [0.4, 0.5) is 0 Å².